The summed E-state index contributed by atoms with van der Waals surface area (Å²) in [5.41, 5.74) is 0.975. The third-order valence-electron chi connectivity index (χ3n) is 3.49. The Morgan fingerprint density at radius 2 is 2.38 bits per heavy atom. The van der Waals surface area contributed by atoms with E-state index in [9.17, 15) is 14.3 Å². The molecule has 116 valence electrons. The summed E-state index contributed by atoms with van der Waals surface area (Å²) in [5.74, 6) is -0.486. The Hall–Kier alpha value is -1.66. The number of fused-ring (bicyclic) bond motifs is 1. The van der Waals surface area contributed by atoms with E-state index in [0.29, 0.717) is 30.6 Å². The van der Waals surface area contributed by atoms with Gasteiger partial charge in [0.15, 0.2) is 11.6 Å². The number of methoxy groups -OCH3 is 1. The number of rotatable bonds is 5. The van der Waals surface area contributed by atoms with Crippen LogP contribution in [0.15, 0.2) is 12.1 Å². The van der Waals surface area contributed by atoms with Crippen LogP contribution in [0.5, 0.6) is 5.75 Å². The Morgan fingerprint density at radius 3 is 3.05 bits per heavy atom. The number of ether oxygens (including phenoxy) is 2. The fourth-order valence-corrected chi connectivity index (χ4v) is 2.37. The monoisotopic (exact) mass is 297 g/mol. The molecule has 2 unspecified atom stereocenters. The van der Waals surface area contributed by atoms with Gasteiger partial charge in [0, 0.05) is 25.5 Å². The van der Waals surface area contributed by atoms with Crippen LogP contribution in [-0.4, -0.2) is 31.3 Å². The summed E-state index contributed by atoms with van der Waals surface area (Å²) in [4.78, 5) is 11.6. The Morgan fingerprint density at radius 1 is 1.62 bits per heavy atom. The molecule has 21 heavy (non-hydrogen) atoms. The number of halogens is 1. The second-order valence-electron chi connectivity index (χ2n) is 5.00. The molecule has 5 nitrogen and oxygen atoms in total. The van der Waals surface area contributed by atoms with Gasteiger partial charge in [0.1, 0.15) is 6.10 Å². The first-order valence-corrected chi connectivity index (χ1v) is 6.99. The van der Waals surface area contributed by atoms with Gasteiger partial charge in [-0.2, -0.15) is 0 Å². The minimum Gasteiger partial charge on any atom is -0.490 e. The summed E-state index contributed by atoms with van der Waals surface area (Å²) in [7, 11) is 1.46. The van der Waals surface area contributed by atoms with Gasteiger partial charge in [-0.15, -0.1) is 0 Å². The molecule has 0 saturated heterocycles. The van der Waals surface area contributed by atoms with Gasteiger partial charge >= 0.3 is 0 Å². The summed E-state index contributed by atoms with van der Waals surface area (Å²) in [6.07, 6.45) is 0.0163. The number of carbonyl (C=O) groups is 1. The van der Waals surface area contributed by atoms with Gasteiger partial charge < -0.3 is 19.9 Å². The van der Waals surface area contributed by atoms with E-state index in [-0.39, 0.29) is 24.3 Å². The van der Waals surface area contributed by atoms with Crippen molar-refractivity contribution in [3.05, 3.63) is 29.1 Å². The van der Waals surface area contributed by atoms with Crippen molar-refractivity contribution in [1.29, 1.82) is 0 Å². The quantitative estimate of drug-likeness (QED) is 0.870. The van der Waals surface area contributed by atoms with E-state index in [4.69, 9.17) is 9.47 Å². The average molecular weight is 297 g/mol. The van der Waals surface area contributed by atoms with E-state index in [1.807, 2.05) is 0 Å². The van der Waals surface area contributed by atoms with Crippen LogP contribution in [0.3, 0.4) is 0 Å². The van der Waals surface area contributed by atoms with Crippen molar-refractivity contribution in [3.63, 3.8) is 0 Å². The Kier molecular flexibility index (Phi) is 5.14. The smallest absolute Gasteiger partial charge is 0.220 e. The molecule has 0 aromatic heterocycles. The standard InChI is InChI=1S/C15H20FNO4/c1-3-14(19)17-12-4-5-21-15-10(12)6-9(7-11(15)16)13(18)8-20-2/h6-7,12-13,18H,3-5,8H2,1-2H3,(H,17,19). The van der Waals surface area contributed by atoms with Gasteiger partial charge in [0.25, 0.3) is 0 Å². The SMILES string of the molecule is CCC(=O)NC1CCOc2c(F)cc(C(O)COC)cc21. The molecule has 0 radical (unpaired) electrons. The highest BCUT2D eigenvalue weighted by molar-refractivity contribution is 5.76. The normalized spacial score (nSPS) is 18.6. The Bertz CT molecular complexity index is 521. The molecule has 0 saturated carbocycles. The van der Waals surface area contributed by atoms with Crippen LogP contribution < -0.4 is 10.1 Å². The van der Waals surface area contributed by atoms with Crippen molar-refractivity contribution in [2.75, 3.05) is 20.3 Å². The van der Waals surface area contributed by atoms with E-state index in [0.717, 1.165) is 0 Å². The van der Waals surface area contributed by atoms with Crippen LogP contribution in [0.2, 0.25) is 0 Å². The van der Waals surface area contributed by atoms with Gasteiger partial charge in [0.05, 0.1) is 19.3 Å². The third kappa shape index (κ3) is 3.51. The van der Waals surface area contributed by atoms with Crippen molar-refractivity contribution in [3.8, 4) is 5.75 Å². The van der Waals surface area contributed by atoms with Crippen molar-refractivity contribution in [2.24, 2.45) is 0 Å². The molecule has 0 aliphatic carbocycles. The third-order valence-corrected chi connectivity index (χ3v) is 3.49. The molecular weight excluding hydrogens is 277 g/mol. The highest BCUT2D eigenvalue weighted by atomic mass is 19.1. The first-order chi connectivity index (χ1) is 10.1. The first-order valence-electron chi connectivity index (χ1n) is 6.99. The number of aliphatic hydroxyl groups excluding tert-OH is 1. The minimum absolute atomic E-state index is 0.0745. The second kappa shape index (κ2) is 6.87. The maximum absolute atomic E-state index is 14.1. The molecule has 0 spiro atoms. The lowest BCUT2D eigenvalue weighted by atomic mass is 9.96. The van der Waals surface area contributed by atoms with Gasteiger partial charge in [-0.3, -0.25) is 4.79 Å². The molecule has 1 aliphatic rings. The number of amides is 1. The van der Waals surface area contributed by atoms with Crippen LogP contribution >= 0.6 is 0 Å². The summed E-state index contributed by atoms with van der Waals surface area (Å²) >= 11 is 0. The van der Waals surface area contributed by atoms with Crippen LogP contribution in [-0.2, 0) is 9.53 Å². The maximum atomic E-state index is 14.1. The molecule has 1 aliphatic heterocycles. The van der Waals surface area contributed by atoms with E-state index >= 15 is 0 Å². The molecule has 1 aromatic rings. The first kappa shape index (κ1) is 15.7. The van der Waals surface area contributed by atoms with Gasteiger partial charge in [-0.05, 0) is 17.7 Å². The number of benzene rings is 1. The number of nitrogens with one attached hydrogen (secondary N) is 1. The van der Waals surface area contributed by atoms with Crippen LogP contribution in [0.25, 0.3) is 0 Å². The molecule has 2 atom stereocenters. The lowest BCUT2D eigenvalue weighted by Crippen LogP contribution is -2.32. The zero-order valence-corrected chi connectivity index (χ0v) is 12.2. The Balaban J connectivity index is 2.34. The average Bonchev–Trinajstić information content (AvgIpc) is 2.48. The van der Waals surface area contributed by atoms with Gasteiger partial charge in [0.2, 0.25) is 5.91 Å². The Labute approximate surface area is 123 Å². The topological polar surface area (TPSA) is 67.8 Å². The zero-order chi connectivity index (χ0) is 15.4. The van der Waals surface area contributed by atoms with Crippen molar-refractivity contribution in [2.45, 2.75) is 31.9 Å². The van der Waals surface area contributed by atoms with E-state index < -0.39 is 11.9 Å². The zero-order valence-electron chi connectivity index (χ0n) is 12.2. The lowest BCUT2D eigenvalue weighted by Gasteiger charge is -2.28. The highest BCUT2D eigenvalue weighted by Crippen LogP contribution is 2.36. The fraction of sp³-hybridized carbons (Fsp3) is 0.533. The van der Waals surface area contributed by atoms with Crippen LogP contribution in [0.4, 0.5) is 4.39 Å². The minimum atomic E-state index is -0.917. The van der Waals surface area contributed by atoms with Gasteiger partial charge in [-0.25, -0.2) is 4.39 Å². The summed E-state index contributed by atoms with van der Waals surface area (Å²) in [6, 6.07) is 2.61. The highest BCUT2D eigenvalue weighted by Gasteiger charge is 2.27. The maximum Gasteiger partial charge on any atom is 0.220 e. The summed E-state index contributed by atoms with van der Waals surface area (Å²) < 4.78 is 24.4. The molecule has 1 aromatic carbocycles. The molecule has 1 amide bonds. The predicted molar refractivity (Wildman–Crippen MR) is 74.5 cm³/mol. The van der Waals surface area contributed by atoms with Gasteiger partial charge in [-0.1, -0.05) is 6.92 Å². The second-order valence-corrected chi connectivity index (χ2v) is 5.00. The molecule has 6 heteroatoms. The summed E-state index contributed by atoms with van der Waals surface area (Å²) in [6.45, 7) is 2.18. The van der Waals surface area contributed by atoms with E-state index in [1.54, 1.807) is 13.0 Å². The molecule has 2 N–H and O–H groups in total. The molecule has 1 heterocycles. The van der Waals surface area contributed by atoms with Crippen molar-refractivity contribution < 1.29 is 23.8 Å². The predicted octanol–water partition coefficient (Wildman–Crippen LogP) is 1.86. The van der Waals surface area contributed by atoms with Crippen molar-refractivity contribution >= 4 is 5.91 Å². The van der Waals surface area contributed by atoms with Crippen LogP contribution in [0.1, 0.15) is 43.0 Å². The number of aliphatic hydroxyl groups is 1. The number of hydrogen-bond donors (Lipinski definition) is 2. The van der Waals surface area contributed by atoms with Crippen LogP contribution in [0, 0.1) is 5.82 Å². The van der Waals surface area contributed by atoms with E-state index in [1.165, 1.54) is 13.2 Å². The number of carbonyl (C=O) groups excluding carboxylic acids is 1. The lowest BCUT2D eigenvalue weighted by molar-refractivity contribution is -0.121. The number of hydrogen-bond acceptors (Lipinski definition) is 4. The molecule has 0 bridgehead atoms. The summed E-state index contributed by atoms with van der Waals surface area (Å²) in [5, 5.41) is 12.8. The van der Waals surface area contributed by atoms with E-state index in [2.05, 4.69) is 5.32 Å². The molecule has 2 rings (SSSR count). The molecule has 0 fully saturated rings. The fourth-order valence-electron chi connectivity index (χ4n) is 2.37. The van der Waals surface area contributed by atoms with Crippen molar-refractivity contribution in [1.82, 2.24) is 5.32 Å². The molecular formula is C15H20FNO4. The largest absolute Gasteiger partial charge is 0.490 e.